The van der Waals surface area contributed by atoms with Gasteiger partial charge in [0.25, 0.3) is 0 Å². The normalized spacial score (nSPS) is 19.1. The van der Waals surface area contributed by atoms with Gasteiger partial charge < -0.3 is 10.4 Å². The molecule has 0 heterocycles. The fraction of sp³-hybridized carbons (Fsp3) is 0.333. The summed E-state index contributed by atoms with van der Waals surface area (Å²) in [6, 6.07) is 15.6. The number of carboxylic acids is 1. The smallest absolute Gasteiger partial charge is 0.303 e. The molecule has 1 aliphatic carbocycles. The second kappa shape index (κ2) is 7.09. The number of rotatable bonds is 5. The van der Waals surface area contributed by atoms with E-state index in [9.17, 15) is 9.59 Å². The molecule has 2 aromatic rings. The molecule has 3 rings (SSSR count). The van der Waals surface area contributed by atoms with Gasteiger partial charge in [0.2, 0.25) is 5.91 Å². The second-order valence-corrected chi connectivity index (χ2v) is 6.89. The third kappa shape index (κ3) is 3.73. The molecule has 25 heavy (non-hydrogen) atoms. The molecule has 0 bridgehead atoms. The van der Waals surface area contributed by atoms with Gasteiger partial charge >= 0.3 is 5.97 Å². The minimum atomic E-state index is -0.819. The van der Waals surface area contributed by atoms with Crippen LogP contribution in [-0.2, 0) is 27.8 Å². The Morgan fingerprint density at radius 1 is 1.16 bits per heavy atom. The van der Waals surface area contributed by atoms with Gasteiger partial charge in [-0.15, -0.1) is 0 Å². The van der Waals surface area contributed by atoms with Gasteiger partial charge in [-0.3, -0.25) is 9.59 Å². The van der Waals surface area contributed by atoms with Crippen LogP contribution in [0.1, 0.15) is 42.9 Å². The monoisotopic (exact) mass is 337 g/mol. The summed E-state index contributed by atoms with van der Waals surface area (Å²) in [5, 5.41) is 11.9. The number of carbonyl (C=O) groups excluding carboxylic acids is 1. The van der Waals surface area contributed by atoms with E-state index in [1.54, 1.807) is 0 Å². The number of anilines is 1. The highest BCUT2D eigenvalue weighted by Gasteiger charge is 2.38. The van der Waals surface area contributed by atoms with E-state index in [0.717, 1.165) is 36.1 Å². The first-order valence-corrected chi connectivity index (χ1v) is 8.69. The van der Waals surface area contributed by atoms with Crippen molar-refractivity contribution >= 4 is 17.6 Å². The van der Waals surface area contributed by atoms with Crippen molar-refractivity contribution in [1.82, 2.24) is 0 Å². The summed E-state index contributed by atoms with van der Waals surface area (Å²) in [6.45, 7) is 2.01. The largest absolute Gasteiger partial charge is 0.481 e. The lowest BCUT2D eigenvalue weighted by Gasteiger charge is -2.34. The van der Waals surface area contributed by atoms with E-state index in [2.05, 4.69) is 17.4 Å². The van der Waals surface area contributed by atoms with Gasteiger partial charge in [-0.25, -0.2) is 0 Å². The van der Waals surface area contributed by atoms with E-state index in [4.69, 9.17) is 5.11 Å². The molecular weight excluding hydrogens is 314 g/mol. The van der Waals surface area contributed by atoms with E-state index in [1.165, 1.54) is 5.56 Å². The lowest BCUT2D eigenvalue weighted by Crippen LogP contribution is -2.40. The average molecular weight is 337 g/mol. The van der Waals surface area contributed by atoms with Crippen LogP contribution in [0.3, 0.4) is 0 Å². The molecule has 130 valence electrons. The van der Waals surface area contributed by atoms with Crippen molar-refractivity contribution in [2.24, 2.45) is 0 Å². The average Bonchev–Trinajstić information content (AvgIpc) is 2.61. The van der Waals surface area contributed by atoms with Crippen molar-refractivity contribution in [3.8, 4) is 0 Å². The minimum Gasteiger partial charge on any atom is -0.481 e. The summed E-state index contributed by atoms with van der Waals surface area (Å²) < 4.78 is 0. The van der Waals surface area contributed by atoms with Crippen LogP contribution in [0.2, 0.25) is 0 Å². The van der Waals surface area contributed by atoms with Crippen molar-refractivity contribution in [3.05, 3.63) is 65.2 Å². The predicted octanol–water partition coefficient (Wildman–Crippen LogP) is 3.94. The molecule has 0 aliphatic heterocycles. The minimum absolute atomic E-state index is 0.00460. The third-order valence-corrected chi connectivity index (χ3v) is 5.05. The van der Waals surface area contributed by atoms with Gasteiger partial charge in [-0.05, 0) is 61.4 Å². The van der Waals surface area contributed by atoms with Crippen LogP contribution in [0.5, 0.6) is 0 Å². The quantitative estimate of drug-likeness (QED) is 0.868. The number of carboxylic acid groups (broad SMARTS) is 1. The predicted molar refractivity (Wildman–Crippen MR) is 97.8 cm³/mol. The molecule has 0 aromatic heterocycles. The first-order valence-electron chi connectivity index (χ1n) is 8.69. The second-order valence-electron chi connectivity index (χ2n) is 6.89. The summed E-state index contributed by atoms with van der Waals surface area (Å²) in [6.07, 6.45) is 3.39. The molecule has 4 nitrogen and oxygen atoms in total. The van der Waals surface area contributed by atoms with Crippen LogP contribution in [0.15, 0.2) is 48.5 Å². The van der Waals surface area contributed by atoms with Crippen molar-refractivity contribution in [1.29, 1.82) is 0 Å². The maximum atomic E-state index is 13.0. The van der Waals surface area contributed by atoms with Crippen LogP contribution >= 0.6 is 0 Å². The van der Waals surface area contributed by atoms with Crippen LogP contribution < -0.4 is 5.32 Å². The van der Waals surface area contributed by atoms with Crippen LogP contribution in [0.25, 0.3) is 0 Å². The summed E-state index contributed by atoms with van der Waals surface area (Å²) >= 11 is 0. The number of hydrogen-bond donors (Lipinski definition) is 2. The summed E-state index contributed by atoms with van der Waals surface area (Å²) in [5.74, 6) is -0.823. The van der Waals surface area contributed by atoms with Gasteiger partial charge in [0.05, 0.1) is 5.41 Å². The highest BCUT2D eigenvalue weighted by molar-refractivity contribution is 5.99. The fourth-order valence-electron chi connectivity index (χ4n) is 3.60. The topological polar surface area (TPSA) is 66.4 Å². The van der Waals surface area contributed by atoms with E-state index < -0.39 is 11.4 Å². The van der Waals surface area contributed by atoms with Gasteiger partial charge in [-0.1, -0.05) is 36.4 Å². The Hall–Kier alpha value is -2.62. The molecular formula is C21H23NO3. The lowest BCUT2D eigenvalue weighted by molar-refractivity contribution is -0.137. The lowest BCUT2D eigenvalue weighted by atomic mass is 9.70. The summed E-state index contributed by atoms with van der Waals surface area (Å²) in [7, 11) is 0. The summed E-state index contributed by atoms with van der Waals surface area (Å²) in [5.41, 5.74) is 3.46. The van der Waals surface area contributed by atoms with Crippen LogP contribution in [0.4, 0.5) is 5.69 Å². The Bertz CT molecular complexity index is 799. The van der Waals surface area contributed by atoms with E-state index in [1.807, 2.05) is 43.3 Å². The van der Waals surface area contributed by atoms with Crippen molar-refractivity contribution < 1.29 is 14.7 Å². The molecule has 0 saturated heterocycles. The molecule has 1 atom stereocenters. The fourth-order valence-corrected chi connectivity index (χ4v) is 3.60. The van der Waals surface area contributed by atoms with Crippen LogP contribution in [0, 0.1) is 0 Å². The number of amides is 1. The number of benzene rings is 2. The first-order chi connectivity index (χ1) is 12.0. The van der Waals surface area contributed by atoms with Crippen LogP contribution in [-0.4, -0.2) is 17.0 Å². The number of nitrogens with one attached hydrogen (secondary N) is 1. The molecule has 1 amide bonds. The molecule has 1 unspecified atom stereocenters. The first kappa shape index (κ1) is 17.2. The van der Waals surface area contributed by atoms with Gasteiger partial charge in [0.15, 0.2) is 0 Å². The Morgan fingerprint density at radius 3 is 2.76 bits per heavy atom. The molecule has 0 spiro atoms. The number of carbonyl (C=O) groups is 2. The zero-order chi connectivity index (χ0) is 17.9. The highest BCUT2D eigenvalue weighted by atomic mass is 16.4. The van der Waals surface area contributed by atoms with Gasteiger partial charge in [0, 0.05) is 12.1 Å². The van der Waals surface area contributed by atoms with Crippen molar-refractivity contribution in [2.75, 3.05) is 5.32 Å². The maximum Gasteiger partial charge on any atom is 0.303 e. The van der Waals surface area contributed by atoms with E-state index in [-0.39, 0.29) is 12.3 Å². The molecule has 4 heteroatoms. The molecule has 0 fully saturated rings. The Morgan fingerprint density at radius 2 is 1.96 bits per heavy atom. The Balaban J connectivity index is 1.79. The van der Waals surface area contributed by atoms with Crippen molar-refractivity contribution in [3.63, 3.8) is 0 Å². The van der Waals surface area contributed by atoms with Gasteiger partial charge in [-0.2, -0.15) is 0 Å². The molecule has 1 aliphatic rings. The standard InChI is InChI=1S/C21H23NO3/c1-21(13-5-8-16-7-2-3-10-18(16)21)20(25)22-17-9-4-6-15(14-17)11-12-19(23)24/h2-4,6-7,9-10,14H,5,8,11-13H2,1H3,(H,22,25)(H,23,24). The molecule has 0 saturated carbocycles. The molecule has 2 N–H and O–H groups in total. The van der Waals surface area contributed by atoms with E-state index in [0.29, 0.717) is 6.42 Å². The zero-order valence-electron chi connectivity index (χ0n) is 14.4. The molecule has 0 radical (unpaired) electrons. The SMILES string of the molecule is CC1(C(=O)Nc2cccc(CCC(=O)O)c2)CCCc2ccccc21. The van der Waals surface area contributed by atoms with E-state index >= 15 is 0 Å². The summed E-state index contributed by atoms with van der Waals surface area (Å²) in [4.78, 5) is 23.8. The Kier molecular flexibility index (Phi) is 4.88. The van der Waals surface area contributed by atoms with Gasteiger partial charge in [0.1, 0.15) is 0 Å². The third-order valence-electron chi connectivity index (χ3n) is 5.05. The number of aryl methyl sites for hydroxylation is 2. The maximum absolute atomic E-state index is 13.0. The number of aliphatic carboxylic acids is 1. The Labute approximate surface area is 147 Å². The highest BCUT2D eigenvalue weighted by Crippen LogP contribution is 2.38. The number of fused-ring (bicyclic) bond motifs is 1. The zero-order valence-corrected chi connectivity index (χ0v) is 14.4. The van der Waals surface area contributed by atoms with Crippen molar-refractivity contribution in [2.45, 2.75) is 44.4 Å². The molecule has 2 aromatic carbocycles. The number of hydrogen-bond acceptors (Lipinski definition) is 2.